The van der Waals surface area contributed by atoms with E-state index in [1.165, 1.54) is 55.2 Å². The molecule has 40 heavy (non-hydrogen) atoms. The predicted molar refractivity (Wildman–Crippen MR) is 153 cm³/mol. The Balaban J connectivity index is 1.61. The molecule has 0 aromatic heterocycles. The van der Waals surface area contributed by atoms with Crippen molar-refractivity contribution >= 4 is 29.0 Å². The van der Waals surface area contributed by atoms with Gasteiger partial charge in [0.15, 0.2) is 11.6 Å². The van der Waals surface area contributed by atoms with E-state index in [1.807, 2.05) is 12.1 Å². The molecule has 1 fully saturated rings. The van der Waals surface area contributed by atoms with Gasteiger partial charge in [0, 0.05) is 28.8 Å². The van der Waals surface area contributed by atoms with Crippen molar-refractivity contribution in [1.29, 1.82) is 0 Å². The number of nitrogens with one attached hydrogen (secondary N) is 1. The largest absolute Gasteiger partial charge is 0.497 e. The fraction of sp³-hybridized carbons (Fsp3) is 0.273. The molecule has 3 aromatic rings. The van der Waals surface area contributed by atoms with Gasteiger partial charge < -0.3 is 15.2 Å². The first-order valence-corrected chi connectivity index (χ1v) is 13.5. The number of aliphatic carboxylic acids is 1. The molecule has 0 atom stereocenters. The number of carbonyl (C=O) groups excluding carboxylic acids is 3. The fourth-order valence-electron chi connectivity index (χ4n) is 4.93. The quantitative estimate of drug-likeness (QED) is 0.225. The number of carboxylic acids is 1. The highest BCUT2D eigenvalue weighted by Crippen LogP contribution is 2.33. The van der Waals surface area contributed by atoms with Crippen molar-refractivity contribution < 1.29 is 29.0 Å². The summed E-state index contributed by atoms with van der Waals surface area (Å²) in [4.78, 5) is 49.9. The van der Waals surface area contributed by atoms with Crippen LogP contribution in [0.15, 0.2) is 78.9 Å². The number of amides is 1. The van der Waals surface area contributed by atoms with E-state index in [4.69, 9.17) is 9.84 Å². The zero-order chi connectivity index (χ0) is 28.5. The number of ketones is 2. The molecule has 4 rings (SSSR count). The standard InChI is InChI=1S/C33H33NO6/c1-40-28-17-15-25(16-18-28)30(35)21-29(24-9-7-23(8-10-24)22-5-3-2-4-6-22)32(38)26-11-13-27(14-12-26)33(39)34-20-19-31(36)37/h7-18,21-22H,2-6,19-20H2,1H3,(H,34,39)(H,36,37)/b29-21+. The SMILES string of the molecule is COc1ccc(C(=O)/C=C(/C(=O)c2ccc(C(=O)NCCC(=O)O)cc2)c2ccc(C3CCCCC3)cc2)cc1. The second kappa shape index (κ2) is 13.5. The summed E-state index contributed by atoms with van der Waals surface area (Å²) in [6.07, 6.45) is 7.22. The molecule has 206 valence electrons. The van der Waals surface area contributed by atoms with Crippen LogP contribution in [-0.2, 0) is 4.79 Å². The molecule has 7 nitrogen and oxygen atoms in total. The average Bonchev–Trinajstić information content (AvgIpc) is 3.00. The zero-order valence-electron chi connectivity index (χ0n) is 22.5. The van der Waals surface area contributed by atoms with E-state index in [1.54, 1.807) is 31.4 Å². The lowest BCUT2D eigenvalue weighted by atomic mass is 9.83. The maximum Gasteiger partial charge on any atom is 0.305 e. The van der Waals surface area contributed by atoms with Crippen molar-refractivity contribution in [1.82, 2.24) is 5.32 Å². The lowest BCUT2D eigenvalue weighted by Gasteiger charge is -2.22. The van der Waals surface area contributed by atoms with E-state index < -0.39 is 11.9 Å². The van der Waals surface area contributed by atoms with Gasteiger partial charge in [-0.25, -0.2) is 0 Å². The van der Waals surface area contributed by atoms with E-state index in [0.29, 0.717) is 33.9 Å². The number of carboxylic acid groups (broad SMARTS) is 1. The second-order valence-corrected chi connectivity index (χ2v) is 9.91. The van der Waals surface area contributed by atoms with Crippen LogP contribution in [0.1, 0.15) is 86.6 Å². The number of Topliss-reactive ketones (excluding diaryl/α,β-unsaturated/α-hetero) is 1. The van der Waals surface area contributed by atoms with Crippen LogP contribution in [0.4, 0.5) is 0 Å². The van der Waals surface area contributed by atoms with Crippen LogP contribution in [-0.4, -0.2) is 42.2 Å². The normalized spacial score (nSPS) is 13.9. The topological polar surface area (TPSA) is 110 Å². The van der Waals surface area contributed by atoms with Crippen molar-refractivity contribution in [2.24, 2.45) is 0 Å². The summed E-state index contributed by atoms with van der Waals surface area (Å²) in [7, 11) is 1.55. The van der Waals surface area contributed by atoms with Crippen LogP contribution in [0.25, 0.3) is 5.57 Å². The maximum atomic E-state index is 13.7. The molecule has 0 spiro atoms. The zero-order valence-corrected chi connectivity index (χ0v) is 22.5. The fourth-order valence-corrected chi connectivity index (χ4v) is 4.93. The Hall–Kier alpha value is -4.52. The number of methoxy groups -OCH3 is 1. The van der Waals surface area contributed by atoms with Crippen molar-refractivity contribution in [3.63, 3.8) is 0 Å². The highest BCUT2D eigenvalue weighted by atomic mass is 16.5. The molecule has 1 saturated carbocycles. The Morgan fingerprint density at radius 1 is 0.800 bits per heavy atom. The highest BCUT2D eigenvalue weighted by Gasteiger charge is 2.20. The van der Waals surface area contributed by atoms with E-state index in [-0.39, 0.29) is 30.1 Å². The molecule has 0 saturated heterocycles. The number of benzene rings is 3. The minimum atomic E-state index is -1.00. The Labute approximate surface area is 233 Å². The first kappa shape index (κ1) is 28.5. The highest BCUT2D eigenvalue weighted by molar-refractivity contribution is 6.32. The molecule has 0 radical (unpaired) electrons. The van der Waals surface area contributed by atoms with Gasteiger partial charge in [-0.15, -0.1) is 0 Å². The summed E-state index contributed by atoms with van der Waals surface area (Å²) in [5.41, 5.74) is 3.20. The monoisotopic (exact) mass is 539 g/mol. The first-order valence-electron chi connectivity index (χ1n) is 13.5. The molecule has 1 aliphatic carbocycles. The van der Waals surface area contributed by atoms with Crippen molar-refractivity contribution in [3.05, 3.63) is 107 Å². The van der Waals surface area contributed by atoms with Gasteiger partial charge >= 0.3 is 5.97 Å². The van der Waals surface area contributed by atoms with Crippen molar-refractivity contribution in [3.8, 4) is 5.75 Å². The third-order valence-corrected chi connectivity index (χ3v) is 7.23. The first-order chi connectivity index (χ1) is 19.4. The molecule has 7 heteroatoms. The average molecular weight is 540 g/mol. The number of rotatable bonds is 11. The molecule has 0 aliphatic heterocycles. The number of allylic oxidation sites excluding steroid dienone is 2. The Bertz CT molecular complexity index is 1380. The number of carbonyl (C=O) groups is 4. The Morgan fingerprint density at radius 3 is 1.98 bits per heavy atom. The Morgan fingerprint density at radius 2 is 1.38 bits per heavy atom. The lowest BCUT2D eigenvalue weighted by Crippen LogP contribution is -2.26. The smallest absolute Gasteiger partial charge is 0.305 e. The van der Waals surface area contributed by atoms with E-state index in [9.17, 15) is 19.2 Å². The third-order valence-electron chi connectivity index (χ3n) is 7.23. The van der Waals surface area contributed by atoms with Gasteiger partial charge in [-0.2, -0.15) is 0 Å². The van der Waals surface area contributed by atoms with Crippen LogP contribution >= 0.6 is 0 Å². The van der Waals surface area contributed by atoms with Crippen molar-refractivity contribution in [2.45, 2.75) is 44.4 Å². The number of hydrogen-bond donors (Lipinski definition) is 2. The number of hydrogen-bond acceptors (Lipinski definition) is 5. The van der Waals surface area contributed by atoms with Crippen LogP contribution in [0, 0.1) is 0 Å². The summed E-state index contributed by atoms with van der Waals surface area (Å²) in [5, 5.41) is 11.3. The van der Waals surface area contributed by atoms with Gasteiger partial charge in [0.05, 0.1) is 13.5 Å². The molecule has 0 unspecified atom stereocenters. The van der Waals surface area contributed by atoms with E-state index in [2.05, 4.69) is 17.4 Å². The summed E-state index contributed by atoms with van der Waals surface area (Å²) in [6, 6.07) is 20.7. The molecule has 1 amide bonds. The van der Waals surface area contributed by atoms with Gasteiger partial charge in [0.1, 0.15) is 5.75 Å². The molecular weight excluding hydrogens is 506 g/mol. The molecular formula is C33H33NO6. The van der Waals surface area contributed by atoms with Crippen molar-refractivity contribution in [2.75, 3.05) is 13.7 Å². The predicted octanol–water partition coefficient (Wildman–Crippen LogP) is 6.10. The molecule has 0 bridgehead atoms. The molecule has 2 N–H and O–H groups in total. The molecule has 1 aliphatic rings. The number of ether oxygens (including phenoxy) is 1. The van der Waals surface area contributed by atoms with Gasteiger partial charge in [-0.3, -0.25) is 19.2 Å². The summed E-state index contributed by atoms with van der Waals surface area (Å²) in [5.74, 6) is -0.939. The minimum Gasteiger partial charge on any atom is -0.497 e. The van der Waals surface area contributed by atoms with Gasteiger partial charge in [0.25, 0.3) is 5.91 Å². The van der Waals surface area contributed by atoms with Crippen LogP contribution in [0.2, 0.25) is 0 Å². The molecule has 3 aromatic carbocycles. The van der Waals surface area contributed by atoms with E-state index >= 15 is 0 Å². The van der Waals surface area contributed by atoms with Gasteiger partial charge in [-0.1, -0.05) is 55.7 Å². The van der Waals surface area contributed by atoms with E-state index in [0.717, 1.165) is 12.8 Å². The van der Waals surface area contributed by atoms with Gasteiger partial charge in [0.2, 0.25) is 0 Å². The summed E-state index contributed by atoms with van der Waals surface area (Å²) < 4.78 is 5.18. The van der Waals surface area contributed by atoms with Crippen LogP contribution in [0.3, 0.4) is 0 Å². The summed E-state index contributed by atoms with van der Waals surface area (Å²) >= 11 is 0. The lowest BCUT2D eigenvalue weighted by molar-refractivity contribution is -0.136. The van der Waals surface area contributed by atoms with Crippen LogP contribution < -0.4 is 10.1 Å². The minimum absolute atomic E-state index is 0.00601. The summed E-state index contributed by atoms with van der Waals surface area (Å²) in [6.45, 7) is 0.00601. The second-order valence-electron chi connectivity index (χ2n) is 9.91. The molecule has 0 heterocycles. The maximum absolute atomic E-state index is 13.7. The van der Waals surface area contributed by atoms with Crippen LogP contribution in [0.5, 0.6) is 5.75 Å². The third kappa shape index (κ3) is 7.32. The Kier molecular flexibility index (Phi) is 9.62. The van der Waals surface area contributed by atoms with Gasteiger partial charge in [-0.05, 0) is 72.4 Å².